The lowest BCUT2D eigenvalue weighted by molar-refractivity contribution is -0.131. The number of aromatic nitrogens is 3. The fourth-order valence-corrected chi connectivity index (χ4v) is 3.33. The molecule has 1 saturated heterocycles. The molecule has 1 N–H and O–H groups in total. The van der Waals surface area contributed by atoms with Crippen molar-refractivity contribution in [3.8, 4) is 0 Å². The first-order valence-corrected chi connectivity index (χ1v) is 9.17. The Morgan fingerprint density at radius 1 is 1.26 bits per heavy atom. The Hall–Kier alpha value is -2.90. The summed E-state index contributed by atoms with van der Waals surface area (Å²) in [6, 6.07) is 3.73. The Morgan fingerprint density at radius 2 is 2.04 bits per heavy atom. The summed E-state index contributed by atoms with van der Waals surface area (Å²) in [5.41, 5.74) is 1.17. The van der Waals surface area contributed by atoms with Crippen molar-refractivity contribution in [2.45, 2.75) is 25.3 Å². The van der Waals surface area contributed by atoms with Crippen LogP contribution in [0.3, 0.4) is 0 Å². The topological polar surface area (TPSA) is 83.4 Å². The third kappa shape index (κ3) is 4.84. The van der Waals surface area contributed by atoms with Crippen molar-refractivity contribution >= 4 is 11.9 Å². The van der Waals surface area contributed by atoms with Crippen LogP contribution in [0, 0.1) is 0 Å². The van der Waals surface area contributed by atoms with Gasteiger partial charge in [0.05, 0.1) is 6.54 Å². The Balaban J connectivity index is 1.62. The minimum Gasteiger partial charge on any atom is -0.340 e. The zero-order chi connectivity index (χ0) is 19.2. The fraction of sp³-hybridized carbons (Fsp3) is 0.474. The lowest BCUT2D eigenvalue weighted by atomic mass is 9.97. The highest BCUT2D eigenvalue weighted by atomic mass is 16.2. The molecule has 1 fully saturated rings. The number of pyridine rings is 1. The van der Waals surface area contributed by atoms with Gasteiger partial charge in [0.25, 0.3) is 0 Å². The number of imidazole rings is 1. The molecule has 3 amide bonds. The summed E-state index contributed by atoms with van der Waals surface area (Å²) in [5, 5.41) is 2.64. The van der Waals surface area contributed by atoms with Gasteiger partial charge in [-0.2, -0.15) is 0 Å². The normalized spacial score (nSPS) is 16.8. The van der Waals surface area contributed by atoms with Crippen molar-refractivity contribution in [3.05, 3.63) is 48.3 Å². The maximum absolute atomic E-state index is 12.5. The van der Waals surface area contributed by atoms with E-state index in [1.165, 1.54) is 10.5 Å². The van der Waals surface area contributed by atoms with Crippen LogP contribution < -0.4 is 5.32 Å². The number of rotatable bonds is 5. The molecule has 3 heterocycles. The minimum absolute atomic E-state index is 0.0230. The highest BCUT2D eigenvalue weighted by Gasteiger charge is 2.27. The average Bonchev–Trinajstić information content (AvgIpc) is 3.14. The smallest absolute Gasteiger partial charge is 0.317 e. The number of carbonyl (C=O) groups is 2. The third-order valence-corrected chi connectivity index (χ3v) is 4.79. The second kappa shape index (κ2) is 8.66. The van der Waals surface area contributed by atoms with Gasteiger partial charge >= 0.3 is 6.03 Å². The number of piperidine rings is 1. The number of hydrogen-bond donors (Lipinski definition) is 1. The molecule has 0 radical (unpaired) electrons. The van der Waals surface area contributed by atoms with Crippen molar-refractivity contribution in [2.75, 3.05) is 33.7 Å². The van der Waals surface area contributed by atoms with Gasteiger partial charge < -0.3 is 19.7 Å². The zero-order valence-electron chi connectivity index (χ0n) is 15.8. The molecule has 144 valence electrons. The Morgan fingerprint density at radius 3 is 2.78 bits per heavy atom. The van der Waals surface area contributed by atoms with Crippen LogP contribution in [-0.4, -0.2) is 70.0 Å². The molecule has 0 spiro atoms. The van der Waals surface area contributed by atoms with Gasteiger partial charge in [-0.3, -0.25) is 9.78 Å². The number of carbonyl (C=O) groups excluding carboxylic acids is 2. The molecule has 2 aromatic heterocycles. The van der Waals surface area contributed by atoms with Crippen LogP contribution in [0.4, 0.5) is 4.79 Å². The molecular formula is C19H26N6O2. The second-order valence-electron chi connectivity index (χ2n) is 7.00. The molecule has 8 nitrogen and oxygen atoms in total. The van der Waals surface area contributed by atoms with E-state index in [0.29, 0.717) is 6.54 Å². The number of amides is 3. The number of hydrogen-bond acceptors (Lipinski definition) is 4. The number of urea groups is 1. The molecule has 1 aliphatic heterocycles. The highest BCUT2D eigenvalue weighted by Crippen LogP contribution is 2.26. The number of likely N-dealkylation sites (tertiary alicyclic amines) is 1. The van der Waals surface area contributed by atoms with Crippen molar-refractivity contribution < 1.29 is 9.59 Å². The van der Waals surface area contributed by atoms with E-state index in [-0.39, 0.29) is 24.4 Å². The first-order chi connectivity index (χ1) is 13.0. The second-order valence-corrected chi connectivity index (χ2v) is 7.00. The number of nitrogens with one attached hydrogen (secondary N) is 1. The quantitative estimate of drug-likeness (QED) is 0.860. The molecule has 2 aromatic rings. The molecular weight excluding hydrogens is 344 g/mol. The van der Waals surface area contributed by atoms with Crippen molar-refractivity contribution in [2.24, 2.45) is 0 Å². The minimum atomic E-state index is -0.259. The van der Waals surface area contributed by atoms with Crippen LogP contribution >= 0.6 is 0 Å². The first kappa shape index (κ1) is 18.9. The predicted molar refractivity (Wildman–Crippen MR) is 101 cm³/mol. The van der Waals surface area contributed by atoms with Crippen molar-refractivity contribution in [1.82, 2.24) is 29.7 Å². The van der Waals surface area contributed by atoms with Crippen molar-refractivity contribution in [3.63, 3.8) is 0 Å². The molecule has 3 rings (SSSR count). The summed E-state index contributed by atoms with van der Waals surface area (Å²) in [7, 11) is 3.30. The van der Waals surface area contributed by atoms with E-state index >= 15 is 0 Å². The molecule has 1 aliphatic rings. The summed E-state index contributed by atoms with van der Waals surface area (Å²) < 4.78 is 2.14. The predicted octanol–water partition coefficient (Wildman–Crippen LogP) is 1.30. The van der Waals surface area contributed by atoms with Crippen LogP contribution in [-0.2, 0) is 11.3 Å². The maximum Gasteiger partial charge on any atom is 0.317 e. The summed E-state index contributed by atoms with van der Waals surface area (Å²) >= 11 is 0. The molecule has 0 aromatic carbocycles. The Bertz CT molecular complexity index is 774. The summed E-state index contributed by atoms with van der Waals surface area (Å²) in [6.45, 7) is 2.11. The molecule has 0 aliphatic carbocycles. The van der Waals surface area contributed by atoms with Gasteiger partial charge in [-0.1, -0.05) is 0 Å². The van der Waals surface area contributed by atoms with E-state index < -0.39 is 0 Å². The molecule has 8 heteroatoms. The summed E-state index contributed by atoms with van der Waals surface area (Å²) in [4.78, 5) is 36.0. The van der Waals surface area contributed by atoms with E-state index in [2.05, 4.69) is 19.9 Å². The van der Waals surface area contributed by atoms with Gasteiger partial charge in [-0.25, -0.2) is 9.78 Å². The molecule has 27 heavy (non-hydrogen) atoms. The van der Waals surface area contributed by atoms with Crippen molar-refractivity contribution in [1.29, 1.82) is 0 Å². The maximum atomic E-state index is 12.5. The van der Waals surface area contributed by atoms with Crippen LogP contribution in [0.1, 0.15) is 30.1 Å². The first-order valence-electron chi connectivity index (χ1n) is 9.17. The standard InChI is InChI=1S/C19H26N6O2/c1-23(2)19(27)22-12-17(26)24-10-3-4-16(14-24)18-21-9-11-25(18)13-15-5-7-20-8-6-15/h5-9,11,16H,3-4,10,12-14H2,1-2H3,(H,22,27)/t16-/m1/s1. The molecule has 1 atom stereocenters. The third-order valence-electron chi connectivity index (χ3n) is 4.79. The number of nitrogens with zero attached hydrogens (tertiary/aromatic N) is 5. The Kier molecular flexibility index (Phi) is 6.05. The van der Waals surface area contributed by atoms with E-state index in [1.807, 2.05) is 29.4 Å². The largest absolute Gasteiger partial charge is 0.340 e. The fourth-order valence-electron chi connectivity index (χ4n) is 3.33. The van der Waals surface area contributed by atoms with E-state index in [9.17, 15) is 9.59 Å². The van der Waals surface area contributed by atoms with E-state index in [0.717, 1.165) is 31.8 Å². The lowest BCUT2D eigenvalue weighted by Crippen LogP contribution is -2.46. The van der Waals surface area contributed by atoms with Crippen LogP contribution in [0.15, 0.2) is 36.9 Å². The van der Waals surface area contributed by atoms with E-state index in [1.54, 1.807) is 26.5 Å². The molecule has 0 bridgehead atoms. The Labute approximate surface area is 159 Å². The van der Waals surface area contributed by atoms with E-state index in [4.69, 9.17) is 0 Å². The van der Waals surface area contributed by atoms with Gasteiger partial charge in [0.2, 0.25) is 5.91 Å². The SMILES string of the molecule is CN(C)C(=O)NCC(=O)N1CCC[C@@H](c2nccn2Cc2ccncc2)C1. The van der Waals surface area contributed by atoms with Gasteiger partial charge in [-0.05, 0) is 30.5 Å². The van der Waals surface area contributed by atoms with Gasteiger partial charge in [0.15, 0.2) is 0 Å². The zero-order valence-corrected chi connectivity index (χ0v) is 15.8. The van der Waals surface area contributed by atoms with Gasteiger partial charge in [0, 0.05) is 64.4 Å². The van der Waals surface area contributed by atoms with Crippen LogP contribution in [0.5, 0.6) is 0 Å². The summed E-state index contributed by atoms with van der Waals surface area (Å²) in [5.74, 6) is 1.15. The molecule has 0 unspecified atom stereocenters. The van der Waals surface area contributed by atoms with Gasteiger partial charge in [-0.15, -0.1) is 0 Å². The lowest BCUT2D eigenvalue weighted by Gasteiger charge is -2.33. The van der Waals surface area contributed by atoms with Gasteiger partial charge in [0.1, 0.15) is 5.82 Å². The monoisotopic (exact) mass is 370 g/mol. The van der Waals surface area contributed by atoms with Crippen LogP contribution in [0.2, 0.25) is 0 Å². The summed E-state index contributed by atoms with van der Waals surface area (Å²) in [6.07, 6.45) is 9.30. The molecule has 0 saturated carbocycles. The van der Waals surface area contributed by atoms with Crippen LogP contribution in [0.25, 0.3) is 0 Å². The average molecular weight is 370 g/mol. The highest BCUT2D eigenvalue weighted by molar-refractivity contribution is 5.83.